The maximum absolute atomic E-state index is 13.4. The third-order valence-electron chi connectivity index (χ3n) is 8.04. The van der Waals surface area contributed by atoms with E-state index in [-0.39, 0.29) is 41.3 Å². The van der Waals surface area contributed by atoms with Crippen LogP contribution in [-0.2, 0) is 38.4 Å². The molecule has 0 bridgehead atoms. The summed E-state index contributed by atoms with van der Waals surface area (Å²) in [4.78, 5) is 36.3. The van der Waals surface area contributed by atoms with Gasteiger partial charge in [-0.15, -0.1) is 0 Å². The molecule has 4 aromatic rings. The number of amides is 1. The number of nitrogens with one attached hydrogen (secondary N) is 1. The second kappa shape index (κ2) is 12.8. The van der Waals surface area contributed by atoms with Gasteiger partial charge in [-0.1, -0.05) is 42.5 Å². The second-order valence-corrected chi connectivity index (χ2v) is 12.2. The fraction of sp³-hybridized carbons (Fsp3) is 0.371. The van der Waals surface area contributed by atoms with E-state index in [1.54, 1.807) is 17.0 Å². The number of nitrogens with zero attached hydrogens (tertiary/aromatic N) is 3. The quantitative estimate of drug-likeness (QED) is 0.200. The standard InChI is InChI=1S/C35H40N4O7/c1-21-16-25-26(35(4,5)46-34(25,2)3)18-23(21)17-24-14-15-27(45-24)30(41)36-29-31(43-7)37-33(38-32(29)44-8)39(20-28(40)42-6)19-22-12-10-9-11-13-22/h9-16,18H,17,19-20H2,1-8H3,(H,36,41). The molecule has 0 saturated heterocycles. The Bertz CT molecular complexity index is 1720. The van der Waals surface area contributed by atoms with E-state index < -0.39 is 17.5 Å². The van der Waals surface area contributed by atoms with Crippen LogP contribution in [0.4, 0.5) is 11.6 Å². The second-order valence-electron chi connectivity index (χ2n) is 12.2. The number of esters is 1. The monoisotopic (exact) mass is 628 g/mol. The van der Waals surface area contributed by atoms with Gasteiger partial charge in [-0.3, -0.25) is 9.59 Å². The largest absolute Gasteiger partial charge is 0.479 e. The van der Waals surface area contributed by atoms with Crippen LogP contribution in [0.3, 0.4) is 0 Å². The SMILES string of the molecule is COC(=O)CN(Cc1ccccc1)c1nc(OC)c(NC(=O)c2ccc(Cc3cc4c(cc3C)C(C)(C)OC4(C)C)o2)c(OC)n1. The van der Waals surface area contributed by atoms with Gasteiger partial charge in [-0.05, 0) is 74.6 Å². The Labute approximate surface area is 268 Å². The highest BCUT2D eigenvalue weighted by molar-refractivity contribution is 6.03. The summed E-state index contributed by atoms with van der Waals surface area (Å²) < 4.78 is 28.3. The molecule has 11 heteroatoms. The fourth-order valence-electron chi connectivity index (χ4n) is 5.82. The van der Waals surface area contributed by atoms with Gasteiger partial charge in [0.15, 0.2) is 11.4 Å². The Hall–Kier alpha value is -4.90. The summed E-state index contributed by atoms with van der Waals surface area (Å²) >= 11 is 0. The van der Waals surface area contributed by atoms with Crippen molar-refractivity contribution >= 4 is 23.5 Å². The highest BCUT2D eigenvalue weighted by atomic mass is 16.5. The number of benzene rings is 2. The molecule has 1 N–H and O–H groups in total. The normalized spacial score (nSPS) is 14.3. The lowest BCUT2D eigenvalue weighted by atomic mass is 9.86. The number of methoxy groups -OCH3 is 3. The number of furan rings is 1. The zero-order valence-corrected chi connectivity index (χ0v) is 27.5. The Morgan fingerprint density at radius 3 is 2.13 bits per heavy atom. The summed E-state index contributed by atoms with van der Waals surface area (Å²) in [7, 11) is 4.15. The minimum atomic E-state index is -0.531. The first-order valence-corrected chi connectivity index (χ1v) is 15.0. The lowest BCUT2D eigenvalue weighted by Crippen LogP contribution is -2.32. The molecule has 0 spiro atoms. The van der Waals surface area contributed by atoms with E-state index in [2.05, 4.69) is 62.0 Å². The van der Waals surface area contributed by atoms with Crippen LogP contribution in [0.2, 0.25) is 0 Å². The molecule has 3 heterocycles. The van der Waals surface area contributed by atoms with Crippen LogP contribution >= 0.6 is 0 Å². The van der Waals surface area contributed by atoms with Gasteiger partial charge in [0.2, 0.25) is 17.7 Å². The summed E-state index contributed by atoms with van der Waals surface area (Å²) in [6.07, 6.45) is 0.505. The van der Waals surface area contributed by atoms with Gasteiger partial charge in [-0.25, -0.2) is 0 Å². The van der Waals surface area contributed by atoms with Gasteiger partial charge in [0.1, 0.15) is 12.3 Å². The van der Waals surface area contributed by atoms with Gasteiger partial charge in [-0.2, -0.15) is 9.97 Å². The number of fused-ring (bicyclic) bond motifs is 1. The fourth-order valence-corrected chi connectivity index (χ4v) is 5.82. The van der Waals surface area contributed by atoms with Crippen molar-refractivity contribution in [2.75, 3.05) is 38.1 Å². The van der Waals surface area contributed by atoms with Crippen LogP contribution in [0.15, 0.2) is 59.0 Å². The molecule has 242 valence electrons. The first kappa shape index (κ1) is 32.5. The Morgan fingerprint density at radius 1 is 0.891 bits per heavy atom. The molecule has 5 rings (SSSR count). The van der Waals surface area contributed by atoms with Gasteiger partial charge >= 0.3 is 5.97 Å². The van der Waals surface area contributed by atoms with Crippen molar-refractivity contribution in [3.8, 4) is 11.8 Å². The topological polar surface area (TPSA) is 125 Å². The smallest absolute Gasteiger partial charge is 0.325 e. The third kappa shape index (κ3) is 6.69. The zero-order valence-electron chi connectivity index (χ0n) is 27.5. The minimum absolute atomic E-state index is 0.0476. The molecule has 0 fully saturated rings. The van der Waals surface area contributed by atoms with Crippen molar-refractivity contribution in [2.24, 2.45) is 0 Å². The number of carbonyl (C=O) groups excluding carboxylic acids is 2. The van der Waals surface area contributed by atoms with Crippen molar-refractivity contribution in [3.05, 3.63) is 93.9 Å². The summed E-state index contributed by atoms with van der Waals surface area (Å²) in [5.74, 6) is -0.0191. The molecule has 0 radical (unpaired) electrons. The molecule has 1 aliphatic rings. The van der Waals surface area contributed by atoms with E-state index in [1.165, 1.54) is 26.9 Å². The highest BCUT2D eigenvalue weighted by Crippen LogP contribution is 2.47. The van der Waals surface area contributed by atoms with Crippen LogP contribution in [-0.4, -0.2) is 49.7 Å². The lowest BCUT2D eigenvalue weighted by molar-refractivity contribution is -0.139. The predicted molar refractivity (Wildman–Crippen MR) is 172 cm³/mol. The van der Waals surface area contributed by atoms with E-state index in [4.69, 9.17) is 23.4 Å². The average Bonchev–Trinajstić information content (AvgIpc) is 3.56. The van der Waals surface area contributed by atoms with E-state index in [0.717, 1.165) is 22.3 Å². The summed E-state index contributed by atoms with van der Waals surface area (Å²) in [6, 6.07) is 17.3. The van der Waals surface area contributed by atoms with Crippen molar-refractivity contribution in [3.63, 3.8) is 0 Å². The Kier molecular flexibility index (Phi) is 9.07. The number of aromatic nitrogens is 2. The van der Waals surface area contributed by atoms with E-state index >= 15 is 0 Å². The molecule has 1 aliphatic heterocycles. The molecule has 11 nitrogen and oxygen atoms in total. The molecule has 0 atom stereocenters. The number of hydrogen-bond donors (Lipinski definition) is 1. The summed E-state index contributed by atoms with van der Waals surface area (Å²) in [5.41, 5.74) is 4.81. The summed E-state index contributed by atoms with van der Waals surface area (Å²) in [5, 5.41) is 2.77. The molecule has 0 unspecified atom stereocenters. The van der Waals surface area contributed by atoms with E-state index in [1.807, 2.05) is 30.3 Å². The molecule has 0 aliphatic carbocycles. The maximum atomic E-state index is 13.4. The van der Waals surface area contributed by atoms with Gasteiger partial charge in [0.05, 0.1) is 32.5 Å². The lowest BCUT2D eigenvalue weighted by Gasteiger charge is -2.24. The average molecular weight is 629 g/mol. The molecule has 1 amide bonds. The Balaban J connectivity index is 1.38. The number of carbonyl (C=O) groups is 2. The van der Waals surface area contributed by atoms with Gasteiger partial charge in [0.25, 0.3) is 5.91 Å². The van der Waals surface area contributed by atoms with E-state index in [9.17, 15) is 9.59 Å². The third-order valence-corrected chi connectivity index (χ3v) is 8.04. The van der Waals surface area contributed by atoms with Crippen molar-refractivity contribution in [1.82, 2.24) is 9.97 Å². The molecule has 2 aromatic carbocycles. The molecule has 0 saturated carbocycles. The molecule has 46 heavy (non-hydrogen) atoms. The first-order chi connectivity index (χ1) is 21.8. The van der Waals surface area contributed by atoms with Crippen LogP contribution in [0.25, 0.3) is 0 Å². The molecular formula is C35H40N4O7. The summed E-state index contributed by atoms with van der Waals surface area (Å²) in [6.45, 7) is 10.6. The number of aryl methyl sites for hydroxylation is 1. The zero-order chi connectivity index (χ0) is 33.2. The van der Waals surface area contributed by atoms with Gasteiger partial charge < -0.3 is 33.6 Å². The highest BCUT2D eigenvalue weighted by Gasteiger charge is 2.43. The van der Waals surface area contributed by atoms with E-state index in [0.29, 0.717) is 18.7 Å². The van der Waals surface area contributed by atoms with Gasteiger partial charge in [0, 0.05) is 13.0 Å². The number of hydrogen-bond acceptors (Lipinski definition) is 10. The van der Waals surface area contributed by atoms with Crippen LogP contribution in [0.1, 0.15) is 71.8 Å². The van der Waals surface area contributed by atoms with Crippen LogP contribution < -0.4 is 19.7 Å². The van der Waals surface area contributed by atoms with Crippen molar-refractivity contribution in [2.45, 2.75) is 58.8 Å². The minimum Gasteiger partial charge on any atom is -0.479 e. The van der Waals surface area contributed by atoms with Crippen molar-refractivity contribution in [1.29, 1.82) is 0 Å². The maximum Gasteiger partial charge on any atom is 0.325 e. The Morgan fingerprint density at radius 2 is 1.52 bits per heavy atom. The molecule has 2 aromatic heterocycles. The van der Waals surface area contributed by atoms with Crippen LogP contribution in [0.5, 0.6) is 11.8 Å². The van der Waals surface area contributed by atoms with Crippen molar-refractivity contribution < 1.29 is 33.0 Å². The predicted octanol–water partition coefficient (Wildman–Crippen LogP) is 5.92. The van der Waals surface area contributed by atoms with Crippen LogP contribution in [0, 0.1) is 6.92 Å². The first-order valence-electron chi connectivity index (χ1n) is 15.0. The molecular weight excluding hydrogens is 588 g/mol. The number of rotatable bonds is 11. The number of anilines is 2. The number of ether oxygens (including phenoxy) is 4.